The van der Waals surface area contributed by atoms with Crippen LogP contribution in [0.5, 0.6) is 0 Å². The first-order chi connectivity index (χ1) is 11.2. The molecule has 0 unspecified atom stereocenters. The molecule has 0 aliphatic heterocycles. The third-order valence-electron chi connectivity index (χ3n) is 3.40. The molecule has 0 radical (unpaired) electrons. The van der Waals surface area contributed by atoms with Crippen molar-refractivity contribution < 1.29 is 0 Å². The van der Waals surface area contributed by atoms with Gasteiger partial charge in [-0.2, -0.15) is 0 Å². The molecule has 0 aliphatic carbocycles. The van der Waals surface area contributed by atoms with Gasteiger partial charge in [-0.15, -0.1) is 0 Å². The highest BCUT2D eigenvalue weighted by atomic mass is 79.9. The molecule has 23 heavy (non-hydrogen) atoms. The van der Waals surface area contributed by atoms with Gasteiger partial charge in [0.15, 0.2) is 0 Å². The Labute approximate surface area is 144 Å². The van der Waals surface area contributed by atoms with Gasteiger partial charge in [0.05, 0.1) is 5.69 Å². The van der Waals surface area contributed by atoms with Crippen LogP contribution in [0.1, 0.15) is 11.4 Å². The van der Waals surface area contributed by atoms with E-state index in [9.17, 15) is 0 Å². The minimum atomic E-state index is 0.740. The number of pyridine rings is 1. The van der Waals surface area contributed by atoms with E-state index in [0.717, 1.165) is 40.3 Å². The van der Waals surface area contributed by atoms with E-state index in [4.69, 9.17) is 0 Å². The van der Waals surface area contributed by atoms with E-state index >= 15 is 0 Å². The smallest absolute Gasteiger partial charge is 0.130 e. The number of nitrogens with one attached hydrogen (secondary N) is 1. The van der Waals surface area contributed by atoms with Crippen LogP contribution in [0.4, 0.5) is 5.82 Å². The fourth-order valence-corrected chi connectivity index (χ4v) is 2.70. The van der Waals surface area contributed by atoms with Crippen molar-refractivity contribution in [3.8, 4) is 11.3 Å². The number of benzene rings is 1. The molecule has 0 spiro atoms. The monoisotopic (exact) mass is 368 g/mol. The van der Waals surface area contributed by atoms with Crippen molar-refractivity contribution in [1.29, 1.82) is 0 Å². The summed E-state index contributed by atoms with van der Waals surface area (Å²) in [7, 11) is 0. The molecule has 1 N–H and O–H groups in total. The van der Waals surface area contributed by atoms with Crippen LogP contribution in [0.2, 0.25) is 0 Å². The van der Waals surface area contributed by atoms with Crippen molar-refractivity contribution in [2.45, 2.75) is 13.3 Å². The van der Waals surface area contributed by atoms with Crippen LogP contribution in [0.3, 0.4) is 0 Å². The zero-order valence-electron chi connectivity index (χ0n) is 12.8. The first-order valence-electron chi connectivity index (χ1n) is 7.45. The van der Waals surface area contributed by atoms with Crippen molar-refractivity contribution in [2.24, 2.45) is 0 Å². The Morgan fingerprint density at radius 2 is 1.87 bits per heavy atom. The van der Waals surface area contributed by atoms with E-state index < -0.39 is 0 Å². The number of nitrogens with zero attached hydrogens (tertiary/aromatic N) is 3. The minimum absolute atomic E-state index is 0.740. The molecule has 0 amide bonds. The Morgan fingerprint density at radius 1 is 1.04 bits per heavy atom. The first kappa shape index (κ1) is 15.6. The highest BCUT2D eigenvalue weighted by Crippen LogP contribution is 2.22. The summed E-state index contributed by atoms with van der Waals surface area (Å²) in [4.78, 5) is 13.2. The molecule has 3 rings (SSSR count). The van der Waals surface area contributed by atoms with Gasteiger partial charge < -0.3 is 5.32 Å². The minimum Gasteiger partial charge on any atom is -0.370 e. The largest absolute Gasteiger partial charge is 0.370 e. The molecule has 0 saturated carbocycles. The summed E-state index contributed by atoms with van der Waals surface area (Å²) >= 11 is 3.44. The summed E-state index contributed by atoms with van der Waals surface area (Å²) in [5.74, 6) is 1.58. The lowest BCUT2D eigenvalue weighted by molar-refractivity contribution is 0.983. The lowest BCUT2D eigenvalue weighted by Gasteiger charge is -2.09. The molecule has 2 aromatic heterocycles. The topological polar surface area (TPSA) is 50.7 Å². The molecular formula is C18H17BrN4. The molecule has 2 heterocycles. The number of halogens is 1. The maximum Gasteiger partial charge on any atom is 0.130 e. The summed E-state index contributed by atoms with van der Waals surface area (Å²) in [6.45, 7) is 2.73. The van der Waals surface area contributed by atoms with Gasteiger partial charge in [0.1, 0.15) is 11.6 Å². The van der Waals surface area contributed by atoms with Crippen LogP contribution in [0, 0.1) is 6.92 Å². The van der Waals surface area contributed by atoms with Crippen LogP contribution in [-0.4, -0.2) is 21.5 Å². The van der Waals surface area contributed by atoms with E-state index in [2.05, 4.69) is 60.5 Å². The third kappa shape index (κ3) is 4.36. The second-order valence-corrected chi connectivity index (χ2v) is 6.16. The molecular weight excluding hydrogens is 352 g/mol. The Hall–Kier alpha value is -2.27. The molecule has 0 bridgehead atoms. The van der Waals surface area contributed by atoms with Crippen molar-refractivity contribution in [2.75, 3.05) is 11.9 Å². The molecule has 0 saturated heterocycles. The number of hydrogen-bond donors (Lipinski definition) is 1. The van der Waals surface area contributed by atoms with Gasteiger partial charge in [-0.05, 0) is 40.9 Å². The lowest BCUT2D eigenvalue weighted by Crippen LogP contribution is -2.07. The lowest BCUT2D eigenvalue weighted by atomic mass is 10.1. The molecule has 116 valence electrons. The van der Waals surface area contributed by atoms with Crippen molar-refractivity contribution >= 4 is 21.7 Å². The second kappa shape index (κ2) is 7.33. The summed E-state index contributed by atoms with van der Waals surface area (Å²) < 4.78 is 0.935. The molecule has 0 fully saturated rings. The van der Waals surface area contributed by atoms with E-state index in [1.165, 1.54) is 5.56 Å². The number of anilines is 1. The van der Waals surface area contributed by atoms with Crippen molar-refractivity contribution in [3.05, 3.63) is 70.7 Å². The normalized spacial score (nSPS) is 10.5. The number of aromatic nitrogens is 3. The highest BCUT2D eigenvalue weighted by molar-refractivity contribution is 9.10. The fourth-order valence-electron chi connectivity index (χ4n) is 2.34. The second-order valence-electron chi connectivity index (χ2n) is 5.24. The van der Waals surface area contributed by atoms with Gasteiger partial charge in [0.2, 0.25) is 0 Å². The Kier molecular flexibility index (Phi) is 4.98. The number of hydrogen-bond acceptors (Lipinski definition) is 4. The zero-order chi connectivity index (χ0) is 16.1. The van der Waals surface area contributed by atoms with Gasteiger partial charge in [0.25, 0.3) is 0 Å². The third-order valence-corrected chi connectivity index (χ3v) is 3.83. The van der Waals surface area contributed by atoms with Crippen LogP contribution >= 0.6 is 15.9 Å². The summed E-state index contributed by atoms with van der Waals surface area (Å²) in [6, 6.07) is 14.4. The van der Waals surface area contributed by atoms with E-state index in [1.54, 1.807) is 12.4 Å². The Bertz CT molecular complexity index is 790. The molecule has 1 aromatic carbocycles. The molecule has 0 atom stereocenters. The van der Waals surface area contributed by atoms with Crippen molar-refractivity contribution in [1.82, 2.24) is 15.0 Å². The Balaban J connectivity index is 1.73. The standard InChI is InChI=1S/C18H17BrN4/c1-13-22-17(15-9-16(19)12-20-11-15)10-18(23-13)21-8-7-14-5-3-2-4-6-14/h2-6,9-12H,7-8H2,1H3,(H,21,22,23). The van der Waals surface area contributed by atoms with Gasteiger partial charge in [-0.3, -0.25) is 4.98 Å². The first-order valence-corrected chi connectivity index (χ1v) is 8.24. The number of rotatable bonds is 5. The van der Waals surface area contributed by atoms with Gasteiger partial charge in [-0.1, -0.05) is 30.3 Å². The summed E-state index contributed by atoms with van der Waals surface area (Å²) in [5, 5.41) is 3.38. The fraction of sp³-hybridized carbons (Fsp3) is 0.167. The Morgan fingerprint density at radius 3 is 2.65 bits per heavy atom. The SMILES string of the molecule is Cc1nc(NCCc2ccccc2)cc(-c2cncc(Br)c2)n1. The maximum atomic E-state index is 4.50. The van der Waals surface area contributed by atoms with Crippen LogP contribution in [-0.2, 0) is 6.42 Å². The van der Waals surface area contributed by atoms with Crippen molar-refractivity contribution in [3.63, 3.8) is 0 Å². The molecule has 0 aliphatic rings. The van der Waals surface area contributed by atoms with E-state index in [-0.39, 0.29) is 0 Å². The quantitative estimate of drug-likeness (QED) is 0.730. The van der Waals surface area contributed by atoms with Crippen LogP contribution < -0.4 is 5.32 Å². The highest BCUT2D eigenvalue weighted by Gasteiger charge is 2.05. The number of aryl methyl sites for hydroxylation is 1. The molecule has 5 heteroatoms. The predicted molar refractivity (Wildman–Crippen MR) is 96.3 cm³/mol. The summed E-state index contributed by atoms with van der Waals surface area (Å²) in [5.41, 5.74) is 3.15. The van der Waals surface area contributed by atoms with Gasteiger partial charge in [-0.25, -0.2) is 9.97 Å². The van der Waals surface area contributed by atoms with Gasteiger partial charge >= 0.3 is 0 Å². The van der Waals surface area contributed by atoms with Crippen LogP contribution in [0.15, 0.2) is 59.3 Å². The summed E-state index contributed by atoms with van der Waals surface area (Å²) in [6.07, 6.45) is 4.52. The average Bonchev–Trinajstić information content (AvgIpc) is 2.55. The van der Waals surface area contributed by atoms with Crippen LogP contribution in [0.25, 0.3) is 11.3 Å². The zero-order valence-corrected chi connectivity index (χ0v) is 14.4. The predicted octanol–water partition coefficient (Wildman–Crippen LogP) is 4.26. The maximum absolute atomic E-state index is 4.50. The van der Waals surface area contributed by atoms with Gasteiger partial charge in [0, 0.05) is 35.0 Å². The average molecular weight is 369 g/mol. The van der Waals surface area contributed by atoms with E-state index in [1.807, 2.05) is 25.1 Å². The molecule has 4 nitrogen and oxygen atoms in total. The molecule has 3 aromatic rings. The van der Waals surface area contributed by atoms with E-state index in [0.29, 0.717) is 0 Å².